The van der Waals surface area contributed by atoms with Gasteiger partial charge in [-0.15, -0.1) is 24.0 Å². The van der Waals surface area contributed by atoms with E-state index in [-0.39, 0.29) is 36.1 Å². The molecule has 0 aliphatic carbocycles. The van der Waals surface area contributed by atoms with Crippen LogP contribution >= 0.6 is 24.0 Å². The summed E-state index contributed by atoms with van der Waals surface area (Å²) in [6.07, 6.45) is 2.41. The number of nitrogens with zero attached hydrogens (tertiary/aromatic N) is 1. The number of aliphatic imine (C=N–C) groups is 1. The Bertz CT molecular complexity index is 515. The lowest BCUT2D eigenvalue weighted by atomic mass is 10.1. The van der Waals surface area contributed by atoms with E-state index in [1.165, 1.54) is 5.56 Å². The van der Waals surface area contributed by atoms with E-state index in [9.17, 15) is 0 Å². The second kappa shape index (κ2) is 9.97. The number of nitrogens with one attached hydrogen (secondary N) is 1. The number of guanidine groups is 1. The minimum atomic E-state index is 0. The highest BCUT2D eigenvalue weighted by molar-refractivity contribution is 14.0. The second-order valence-electron chi connectivity index (χ2n) is 6.06. The molecule has 1 aromatic rings. The first-order valence-electron chi connectivity index (χ1n) is 7.95. The Labute approximate surface area is 156 Å². The normalized spacial score (nSPS) is 17.9. The van der Waals surface area contributed by atoms with Crippen LogP contribution < -0.4 is 15.8 Å². The number of hydrogen-bond donors (Lipinski definition) is 2. The molecule has 1 aliphatic rings. The van der Waals surface area contributed by atoms with Crippen LogP contribution in [0.15, 0.2) is 23.2 Å². The number of rotatable bonds is 6. The average Bonchev–Trinajstić information content (AvgIpc) is 2.96. The number of ether oxygens (including phenoxy) is 2. The highest BCUT2D eigenvalue weighted by Gasteiger charge is 2.16. The Balaban J connectivity index is 0.00000264. The van der Waals surface area contributed by atoms with Crippen molar-refractivity contribution in [1.82, 2.24) is 5.32 Å². The third-order valence-electron chi connectivity index (χ3n) is 3.53. The molecule has 0 spiro atoms. The van der Waals surface area contributed by atoms with Gasteiger partial charge in [0.25, 0.3) is 0 Å². The van der Waals surface area contributed by atoms with Gasteiger partial charge >= 0.3 is 0 Å². The highest BCUT2D eigenvalue weighted by atomic mass is 127. The third kappa shape index (κ3) is 6.95. The summed E-state index contributed by atoms with van der Waals surface area (Å²) in [6.45, 7) is 8.07. The molecule has 0 aromatic heterocycles. The minimum Gasteiger partial charge on any atom is -0.491 e. The van der Waals surface area contributed by atoms with Gasteiger partial charge in [0.1, 0.15) is 12.4 Å². The maximum absolute atomic E-state index is 5.96. The van der Waals surface area contributed by atoms with Crippen molar-refractivity contribution in [1.29, 1.82) is 0 Å². The summed E-state index contributed by atoms with van der Waals surface area (Å²) in [4.78, 5) is 4.38. The Hall–Kier alpha value is -1.02. The molecule has 130 valence electrons. The van der Waals surface area contributed by atoms with Crippen LogP contribution in [0.3, 0.4) is 0 Å². The minimum absolute atomic E-state index is 0. The van der Waals surface area contributed by atoms with Crippen LogP contribution in [0, 0.1) is 6.92 Å². The summed E-state index contributed by atoms with van der Waals surface area (Å²) in [6, 6.07) is 6.44. The van der Waals surface area contributed by atoms with Crippen LogP contribution in [0.2, 0.25) is 0 Å². The van der Waals surface area contributed by atoms with Gasteiger partial charge in [0.2, 0.25) is 0 Å². The smallest absolute Gasteiger partial charge is 0.189 e. The van der Waals surface area contributed by atoms with Crippen molar-refractivity contribution >= 4 is 29.9 Å². The second-order valence-corrected chi connectivity index (χ2v) is 6.06. The molecule has 1 heterocycles. The highest BCUT2D eigenvalue weighted by Crippen LogP contribution is 2.23. The summed E-state index contributed by atoms with van der Waals surface area (Å²) < 4.78 is 11.6. The topological polar surface area (TPSA) is 68.9 Å². The Morgan fingerprint density at radius 1 is 1.48 bits per heavy atom. The van der Waals surface area contributed by atoms with E-state index >= 15 is 0 Å². The summed E-state index contributed by atoms with van der Waals surface area (Å²) >= 11 is 0. The van der Waals surface area contributed by atoms with Crippen molar-refractivity contribution in [3.05, 3.63) is 29.3 Å². The summed E-state index contributed by atoms with van der Waals surface area (Å²) in [5.74, 6) is 1.33. The first kappa shape index (κ1) is 20.0. The van der Waals surface area contributed by atoms with Crippen LogP contribution in [0.4, 0.5) is 0 Å². The van der Waals surface area contributed by atoms with Crippen LogP contribution in [0.1, 0.15) is 37.8 Å². The molecule has 1 aromatic carbocycles. The molecule has 0 bridgehead atoms. The molecule has 1 atom stereocenters. The Morgan fingerprint density at radius 2 is 2.26 bits per heavy atom. The number of aryl methyl sites for hydroxylation is 1. The van der Waals surface area contributed by atoms with E-state index in [1.54, 1.807) is 0 Å². The van der Waals surface area contributed by atoms with Crippen LogP contribution in [-0.4, -0.2) is 31.3 Å². The number of hydrogen-bond acceptors (Lipinski definition) is 3. The van der Waals surface area contributed by atoms with Crippen molar-refractivity contribution in [3.8, 4) is 5.75 Å². The monoisotopic (exact) mass is 433 g/mol. The first-order valence-corrected chi connectivity index (χ1v) is 7.95. The fraction of sp³-hybridized carbons (Fsp3) is 0.588. The van der Waals surface area contributed by atoms with E-state index in [4.69, 9.17) is 15.2 Å². The Kier molecular flexibility index (Phi) is 8.68. The quantitative estimate of drug-likeness (QED) is 0.411. The van der Waals surface area contributed by atoms with Crippen LogP contribution in [0.5, 0.6) is 5.75 Å². The maximum Gasteiger partial charge on any atom is 0.189 e. The van der Waals surface area contributed by atoms with Gasteiger partial charge in [-0.05, 0) is 45.2 Å². The largest absolute Gasteiger partial charge is 0.491 e. The molecular formula is C17H28IN3O2. The molecule has 1 aliphatic heterocycles. The van der Waals surface area contributed by atoms with Gasteiger partial charge in [0.05, 0.1) is 12.6 Å². The van der Waals surface area contributed by atoms with Gasteiger partial charge in [-0.2, -0.15) is 0 Å². The lowest BCUT2D eigenvalue weighted by Gasteiger charge is -2.15. The van der Waals surface area contributed by atoms with Crippen molar-refractivity contribution < 1.29 is 9.47 Å². The lowest BCUT2D eigenvalue weighted by molar-refractivity contribution is 0.0676. The molecular weight excluding hydrogens is 405 g/mol. The predicted molar refractivity (Wildman–Crippen MR) is 105 cm³/mol. The molecule has 0 radical (unpaired) electrons. The van der Waals surface area contributed by atoms with E-state index in [0.717, 1.165) is 30.8 Å². The average molecular weight is 433 g/mol. The molecule has 1 unspecified atom stereocenters. The number of nitrogens with two attached hydrogens (primary N) is 1. The SMILES string of the molecule is Cc1ccc(CN=C(N)NC(C)C)c(OCC2CCCO2)c1.I. The van der Waals surface area contributed by atoms with E-state index in [0.29, 0.717) is 19.1 Å². The standard InChI is InChI=1S/C17H27N3O2.HI/c1-12(2)20-17(18)19-10-14-7-6-13(3)9-16(14)22-11-15-5-4-8-21-15;/h6-7,9,12,15H,4-5,8,10-11H2,1-3H3,(H3,18,19,20);1H. The van der Waals surface area contributed by atoms with Crippen LogP contribution in [0.25, 0.3) is 0 Å². The molecule has 1 fully saturated rings. The van der Waals surface area contributed by atoms with Crippen molar-refractivity contribution in [2.75, 3.05) is 13.2 Å². The van der Waals surface area contributed by atoms with Gasteiger partial charge in [0, 0.05) is 18.2 Å². The molecule has 23 heavy (non-hydrogen) atoms. The predicted octanol–water partition coefficient (Wildman–Crippen LogP) is 2.98. The van der Waals surface area contributed by atoms with E-state index < -0.39 is 0 Å². The molecule has 0 amide bonds. The maximum atomic E-state index is 5.96. The van der Waals surface area contributed by atoms with Crippen molar-refractivity contribution in [2.45, 2.75) is 52.3 Å². The van der Waals surface area contributed by atoms with E-state index in [2.05, 4.69) is 23.3 Å². The molecule has 0 saturated carbocycles. The lowest BCUT2D eigenvalue weighted by Crippen LogP contribution is -2.36. The zero-order chi connectivity index (χ0) is 15.9. The van der Waals surface area contributed by atoms with Gasteiger partial charge < -0.3 is 20.5 Å². The summed E-state index contributed by atoms with van der Waals surface area (Å²) in [5, 5.41) is 3.09. The van der Waals surface area contributed by atoms with Crippen LogP contribution in [-0.2, 0) is 11.3 Å². The van der Waals surface area contributed by atoms with E-state index in [1.807, 2.05) is 26.0 Å². The zero-order valence-corrected chi connectivity index (χ0v) is 16.5. The van der Waals surface area contributed by atoms with Gasteiger partial charge in [-0.25, -0.2) is 4.99 Å². The molecule has 1 saturated heterocycles. The third-order valence-corrected chi connectivity index (χ3v) is 3.53. The summed E-state index contributed by atoms with van der Waals surface area (Å²) in [5.41, 5.74) is 8.06. The van der Waals surface area contributed by atoms with Crippen molar-refractivity contribution in [3.63, 3.8) is 0 Å². The van der Waals surface area contributed by atoms with Crippen molar-refractivity contribution in [2.24, 2.45) is 10.7 Å². The molecule has 2 rings (SSSR count). The number of halogens is 1. The zero-order valence-electron chi connectivity index (χ0n) is 14.2. The number of benzene rings is 1. The molecule has 6 heteroatoms. The molecule has 5 nitrogen and oxygen atoms in total. The van der Waals surface area contributed by atoms with Gasteiger partial charge in [-0.3, -0.25) is 0 Å². The van der Waals surface area contributed by atoms with Gasteiger partial charge in [-0.1, -0.05) is 12.1 Å². The fourth-order valence-electron chi connectivity index (χ4n) is 2.40. The Morgan fingerprint density at radius 3 is 2.91 bits per heavy atom. The summed E-state index contributed by atoms with van der Waals surface area (Å²) in [7, 11) is 0. The first-order chi connectivity index (χ1) is 10.5. The fourth-order valence-corrected chi connectivity index (χ4v) is 2.40. The van der Waals surface area contributed by atoms with Gasteiger partial charge in [0.15, 0.2) is 5.96 Å². The molecule has 3 N–H and O–H groups in total.